The molecule has 1 aromatic rings. The predicted octanol–water partition coefficient (Wildman–Crippen LogP) is 7.87. The molecule has 0 spiro atoms. The number of nitrogens with one attached hydrogen (secondary N) is 1. The number of aliphatic hydroxyl groups is 1. The van der Waals surface area contributed by atoms with Crippen LogP contribution in [0.5, 0.6) is 0 Å². The number of carbonyl (C=O) groups is 1. The van der Waals surface area contributed by atoms with Gasteiger partial charge >= 0.3 is 0 Å². The van der Waals surface area contributed by atoms with Crippen LogP contribution in [-0.4, -0.2) is 42.2 Å². The van der Waals surface area contributed by atoms with Gasteiger partial charge in [-0.15, -0.1) is 0 Å². The quantitative estimate of drug-likeness (QED) is 0.168. The SMILES string of the molecule is CC.CC.CCOCO.N/C(C(=O)N[C@@H]1CC2CCC1C2)=C1/CCCCC(Cc2ccc(F)cc2)C1=NC1CCCCC1. The molecule has 4 N–H and O–H groups in total. The van der Waals surface area contributed by atoms with E-state index in [1.807, 2.05) is 46.8 Å². The largest absolute Gasteiger partial charge is 0.394 e. The summed E-state index contributed by atoms with van der Waals surface area (Å²) in [7, 11) is 0. The number of ether oxygens (including phenoxy) is 1. The normalized spacial score (nSPS) is 27.0. The van der Waals surface area contributed by atoms with Gasteiger partial charge in [0, 0.05) is 29.9 Å². The van der Waals surface area contributed by atoms with Gasteiger partial charge < -0.3 is 20.9 Å². The Morgan fingerprint density at radius 3 is 2.21 bits per heavy atom. The maximum atomic E-state index is 13.5. The molecule has 0 aromatic heterocycles. The number of nitrogens with two attached hydrogens (primary N) is 1. The number of benzene rings is 1. The highest BCUT2D eigenvalue weighted by atomic mass is 19.1. The highest BCUT2D eigenvalue weighted by Gasteiger charge is 2.40. The molecular formula is C36H60FN3O3. The second kappa shape index (κ2) is 20.7. The lowest BCUT2D eigenvalue weighted by atomic mass is 9.86. The third kappa shape index (κ3) is 11.6. The van der Waals surface area contributed by atoms with Gasteiger partial charge in [-0.05, 0) is 94.2 Å². The van der Waals surface area contributed by atoms with Crippen molar-refractivity contribution in [3.05, 3.63) is 46.9 Å². The number of carbonyl (C=O) groups excluding carboxylic acids is 1. The van der Waals surface area contributed by atoms with E-state index < -0.39 is 0 Å². The molecular weight excluding hydrogens is 541 g/mol. The maximum Gasteiger partial charge on any atom is 0.267 e. The highest BCUT2D eigenvalue weighted by Crippen LogP contribution is 2.44. The minimum absolute atomic E-state index is 0.0914. The van der Waals surface area contributed by atoms with Crippen LogP contribution in [0.1, 0.15) is 124 Å². The Morgan fingerprint density at radius 1 is 0.977 bits per heavy atom. The first-order chi connectivity index (χ1) is 21.0. The summed E-state index contributed by atoms with van der Waals surface area (Å²) in [5.41, 5.74) is 10.2. The highest BCUT2D eigenvalue weighted by molar-refractivity contribution is 6.09. The molecule has 4 atom stereocenters. The zero-order valence-electron chi connectivity index (χ0n) is 27.7. The topological polar surface area (TPSA) is 96.9 Å². The summed E-state index contributed by atoms with van der Waals surface area (Å²) in [6.07, 6.45) is 15.7. The Labute approximate surface area is 261 Å². The first-order valence-corrected chi connectivity index (χ1v) is 17.3. The van der Waals surface area contributed by atoms with Crippen molar-refractivity contribution in [1.82, 2.24) is 5.32 Å². The van der Waals surface area contributed by atoms with Crippen molar-refractivity contribution < 1.29 is 19.0 Å². The summed E-state index contributed by atoms with van der Waals surface area (Å²) in [5.74, 6) is 1.33. The molecule has 43 heavy (non-hydrogen) atoms. The van der Waals surface area contributed by atoms with E-state index in [0.29, 0.717) is 24.3 Å². The first-order valence-electron chi connectivity index (χ1n) is 17.3. The summed E-state index contributed by atoms with van der Waals surface area (Å²) >= 11 is 0. The van der Waals surface area contributed by atoms with Gasteiger partial charge in [-0.2, -0.15) is 0 Å². The molecule has 2 bridgehead atoms. The molecule has 0 saturated heterocycles. The third-order valence-corrected chi connectivity index (χ3v) is 9.14. The number of allylic oxidation sites excluding steroid dienone is 1. The van der Waals surface area contributed by atoms with Crippen LogP contribution in [0.4, 0.5) is 4.39 Å². The second-order valence-electron chi connectivity index (χ2n) is 11.8. The summed E-state index contributed by atoms with van der Waals surface area (Å²) in [6, 6.07) is 7.45. The zero-order valence-corrected chi connectivity index (χ0v) is 27.7. The number of aliphatic hydroxyl groups excluding tert-OH is 1. The third-order valence-electron chi connectivity index (χ3n) is 9.14. The number of hydrogen-bond donors (Lipinski definition) is 3. The number of nitrogens with zero attached hydrogens (tertiary/aromatic N) is 1. The smallest absolute Gasteiger partial charge is 0.267 e. The van der Waals surface area contributed by atoms with Crippen LogP contribution < -0.4 is 11.1 Å². The summed E-state index contributed by atoms with van der Waals surface area (Å²) in [5, 5.41) is 11.1. The molecule has 1 amide bonds. The van der Waals surface area contributed by atoms with Gasteiger partial charge in [0.25, 0.3) is 5.91 Å². The molecule has 4 aliphatic carbocycles. The number of amides is 1. The van der Waals surface area contributed by atoms with Crippen molar-refractivity contribution in [1.29, 1.82) is 0 Å². The summed E-state index contributed by atoms with van der Waals surface area (Å²) < 4.78 is 17.9. The molecule has 0 aliphatic heterocycles. The van der Waals surface area contributed by atoms with Gasteiger partial charge in [-0.1, -0.05) is 71.9 Å². The van der Waals surface area contributed by atoms with Gasteiger partial charge in [0.2, 0.25) is 0 Å². The first kappa shape index (κ1) is 36.9. The number of fused-ring (bicyclic) bond motifs is 2. The minimum atomic E-state index is -0.206. The number of rotatable bonds is 7. The van der Waals surface area contributed by atoms with Crippen LogP contribution in [0.25, 0.3) is 0 Å². The van der Waals surface area contributed by atoms with Crippen LogP contribution in [0.3, 0.4) is 0 Å². The van der Waals surface area contributed by atoms with Crippen molar-refractivity contribution in [3.63, 3.8) is 0 Å². The molecule has 5 rings (SSSR count). The van der Waals surface area contributed by atoms with Crippen molar-refractivity contribution in [2.24, 2.45) is 28.5 Å². The fourth-order valence-electron chi connectivity index (χ4n) is 7.07. The number of aliphatic imine (C=N–C) groups is 1. The molecule has 3 unspecified atom stereocenters. The molecule has 4 aliphatic rings. The lowest BCUT2D eigenvalue weighted by Gasteiger charge is -2.26. The van der Waals surface area contributed by atoms with Crippen molar-refractivity contribution in [2.75, 3.05) is 13.4 Å². The van der Waals surface area contributed by atoms with Crippen LogP contribution in [0.15, 0.2) is 40.5 Å². The van der Waals surface area contributed by atoms with E-state index in [2.05, 4.69) is 10.1 Å². The molecule has 244 valence electrons. The molecule has 1 aromatic carbocycles. The number of hydrogen-bond acceptors (Lipinski definition) is 5. The minimum Gasteiger partial charge on any atom is -0.394 e. The predicted molar refractivity (Wildman–Crippen MR) is 176 cm³/mol. The standard InChI is InChI=1S/C29H40FN3O.C3H8O2.2C2H6/c30-23-14-11-19(12-15-23)16-22-6-4-5-9-25(28(22)32-24-7-2-1-3-8-24)27(31)29(34)33-26-18-20-10-13-21(26)17-20;1-2-5-3-4;2*1-2/h11-12,14-15,20-22,24,26H,1-10,13,16-18,31H2,(H,33,34);4H,2-3H2,1H3;2*1-2H3/b27-25-,32-28?;;;/t20?,21?,22?,26-;;;/m1.../s1. The Kier molecular flexibility index (Phi) is 17.7. The van der Waals surface area contributed by atoms with Gasteiger partial charge in [0.15, 0.2) is 0 Å². The fraction of sp³-hybridized carbons (Fsp3) is 0.722. The van der Waals surface area contributed by atoms with Gasteiger partial charge in [0.1, 0.15) is 18.3 Å². The van der Waals surface area contributed by atoms with Crippen molar-refractivity contribution in [3.8, 4) is 0 Å². The fourth-order valence-corrected chi connectivity index (χ4v) is 7.07. The van der Waals surface area contributed by atoms with E-state index >= 15 is 0 Å². The van der Waals surface area contributed by atoms with E-state index in [-0.39, 0.29) is 30.5 Å². The van der Waals surface area contributed by atoms with Crippen molar-refractivity contribution >= 4 is 11.6 Å². The molecule has 4 saturated carbocycles. The van der Waals surface area contributed by atoms with Crippen LogP contribution in [-0.2, 0) is 16.0 Å². The van der Waals surface area contributed by atoms with E-state index in [4.69, 9.17) is 15.8 Å². The lowest BCUT2D eigenvalue weighted by molar-refractivity contribution is -0.118. The van der Waals surface area contributed by atoms with Crippen molar-refractivity contribution in [2.45, 2.75) is 137 Å². The Balaban J connectivity index is 0.000000642. The van der Waals surface area contributed by atoms with Crippen LogP contribution in [0, 0.1) is 23.6 Å². The monoisotopic (exact) mass is 601 g/mol. The van der Waals surface area contributed by atoms with E-state index in [1.54, 1.807) is 0 Å². The average molecular weight is 602 g/mol. The summed E-state index contributed by atoms with van der Waals surface area (Å²) in [6.45, 7) is 10.3. The molecule has 0 radical (unpaired) electrons. The van der Waals surface area contributed by atoms with E-state index in [9.17, 15) is 9.18 Å². The lowest BCUT2D eigenvalue weighted by Crippen LogP contribution is -2.41. The Hall–Kier alpha value is -2.25. The second-order valence-corrected chi connectivity index (χ2v) is 11.8. The molecule has 6 nitrogen and oxygen atoms in total. The zero-order chi connectivity index (χ0) is 31.6. The van der Waals surface area contributed by atoms with Gasteiger partial charge in [-0.3, -0.25) is 9.79 Å². The summed E-state index contributed by atoms with van der Waals surface area (Å²) in [4.78, 5) is 18.7. The van der Waals surface area contributed by atoms with Crippen LogP contribution in [0.2, 0.25) is 0 Å². The van der Waals surface area contributed by atoms with Gasteiger partial charge in [0.05, 0.1) is 6.04 Å². The molecule has 0 heterocycles. The van der Waals surface area contributed by atoms with Gasteiger partial charge in [-0.25, -0.2) is 4.39 Å². The molecule has 7 heteroatoms. The Bertz CT molecular complexity index is 986. The maximum absolute atomic E-state index is 13.5. The van der Waals surface area contributed by atoms with E-state index in [1.165, 1.54) is 50.7 Å². The Morgan fingerprint density at radius 2 is 1.65 bits per heavy atom. The molecule has 4 fully saturated rings. The number of halogens is 1. The van der Waals surface area contributed by atoms with E-state index in [0.717, 1.165) is 74.1 Å². The van der Waals surface area contributed by atoms with Crippen LogP contribution >= 0.6 is 0 Å². The average Bonchev–Trinajstić information content (AvgIpc) is 3.62.